The molecule has 0 fully saturated rings. The smallest absolute Gasteiger partial charge is 0.295 e. The molecule has 368 valence electrons. The second-order valence-electron chi connectivity index (χ2n) is 14.9. The molecule has 0 aliphatic heterocycles. The summed E-state index contributed by atoms with van der Waals surface area (Å²) in [6, 6.07) is 30.3. The Hall–Kier alpha value is -7.15. The topological polar surface area (TPSA) is 366 Å². The van der Waals surface area contributed by atoms with Crippen LogP contribution in [0.4, 0.5) is 44.3 Å². The molecule has 8 rings (SSSR count). The third-order valence-electron chi connectivity index (χ3n) is 10.3. The molecule has 1 aromatic heterocycles. The molecule has 0 radical (unpaired) electrons. The zero-order chi connectivity index (χ0) is 51.8. The number of benzene rings is 7. The van der Waals surface area contributed by atoms with Crippen LogP contribution >= 0.6 is 23.4 Å². The highest BCUT2D eigenvalue weighted by molar-refractivity contribution is 7.94. The molecule has 0 amide bonds. The van der Waals surface area contributed by atoms with Gasteiger partial charge in [-0.1, -0.05) is 52.8 Å². The Bertz CT molecular complexity index is 4060. The lowest BCUT2D eigenvalue weighted by atomic mass is 10.0. The maximum atomic E-state index is 12.7. The molecule has 23 nitrogen and oxygen atoms in total. The third kappa shape index (κ3) is 11.5. The van der Waals surface area contributed by atoms with Crippen LogP contribution in [-0.4, -0.2) is 62.1 Å². The van der Waals surface area contributed by atoms with E-state index in [1.807, 2.05) is 30.3 Å². The van der Waals surface area contributed by atoms with Gasteiger partial charge in [0.2, 0.25) is 5.13 Å². The quantitative estimate of drug-likeness (QED) is 0.0155. The van der Waals surface area contributed by atoms with E-state index in [1.54, 1.807) is 19.1 Å². The standard InChI is InChI=1S/C43H30N8O15S6/c1-23-35(22-44)36(45-27-8-12-31(13-9-27)69(53,54)55)21-37(46-28-10-14-32(15-11-28)70(56,57)58)40(23)49-51-43-47-41(26-7-6-24-4-2-3-5-25(24)16-26)42(67-43)50-48-29-17-33-34(38(18-29)71(59,60)61)19-30(68-66-65-52)20-39(33)72(62,63)64/h2-21,45-46,52H,1H3,(H,53,54,55)(H,56,57,58)(H,59,60,61)(H,62,63,64)/b50-48+,51-49?. The van der Waals surface area contributed by atoms with Crippen LogP contribution in [0.5, 0.6) is 0 Å². The largest absolute Gasteiger partial charge is 0.354 e. The minimum atomic E-state index is -5.14. The molecule has 7 N–H and O–H groups in total. The van der Waals surface area contributed by atoms with E-state index in [1.165, 1.54) is 30.3 Å². The first-order chi connectivity index (χ1) is 34.0. The number of azo groups is 2. The molecule has 0 saturated carbocycles. The molecule has 0 aliphatic carbocycles. The van der Waals surface area contributed by atoms with Crippen LogP contribution in [0.25, 0.3) is 32.8 Å². The highest BCUT2D eigenvalue weighted by Gasteiger charge is 2.25. The van der Waals surface area contributed by atoms with Crippen molar-refractivity contribution in [3.05, 3.63) is 132 Å². The monoisotopic (exact) mass is 1090 g/mol. The Balaban J connectivity index is 1.26. The normalized spacial score (nSPS) is 12.5. The Labute approximate surface area is 416 Å². The van der Waals surface area contributed by atoms with E-state index < -0.39 is 65.9 Å². The Morgan fingerprint density at radius 1 is 0.639 bits per heavy atom. The molecule has 72 heavy (non-hydrogen) atoms. The molecule has 8 aromatic rings. The second-order valence-corrected chi connectivity index (χ2v) is 22.3. The van der Waals surface area contributed by atoms with E-state index in [2.05, 4.69) is 46.5 Å². The number of rotatable bonds is 16. The van der Waals surface area contributed by atoms with Gasteiger partial charge < -0.3 is 10.6 Å². The zero-order valence-electron chi connectivity index (χ0n) is 36.0. The number of thiazole rings is 1. The molecule has 0 saturated heterocycles. The predicted octanol–water partition coefficient (Wildman–Crippen LogP) is 11.0. The first-order valence-electron chi connectivity index (χ1n) is 19.8. The van der Waals surface area contributed by atoms with Gasteiger partial charge >= 0.3 is 0 Å². The van der Waals surface area contributed by atoms with Gasteiger partial charge in [0.25, 0.3) is 40.5 Å². The van der Waals surface area contributed by atoms with Crippen LogP contribution in [0.3, 0.4) is 0 Å². The van der Waals surface area contributed by atoms with Crippen molar-refractivity contribution in [2.45, 2.75) is 31.4 Å². The van der Waals surface area contributed by atoms with Crippen LogP contribution in [0.15, 0.2) is 166 Å². The van der Waals surface area contributed by atoms with Gasteiger partial charge in [0, 0.05) is 32.6 Å². The van der Waals surface area contributed by atoms with Crippen LogP contribution in [0.2, 0.25) is 0 Å². The molecule has 29 heteroatoms. The van der Waals surface area contributed by atoms with Gasteiger partial charge in [-0.3, -0.25) is 18.2 Å². The van der Waals surface area contributed by atoms with E-state index in [0.717, 1.165) is 70.6 Å². The van der Waals surface area contributed by atoms with Crippen molar-refractivity contribution < 1.29 is 66.5 Å². The summed E-state index contributed by atoms with van der Waals surface area (Å²) in [5.41, 5.74) is 1.74. The van der Waals surface area contributed by atoms with Gasteiger partial charge in [0.1, 0.15) is 27.2 Å². The van der Waals surface area contributed by atoms with Gasteiger partial charge in [-0.25, -0.2) is 10.2 Å². The molecule has 0 atom stereocenters. The van der Waals surface area contributed by atoms with Gasteiger partial charge in [0.15, 0.2) is 5.00 Å². The number of nitrogens with zero attached hydrogens (tertiary/aromatic N) is 6. The van der Waals surface area contributed by atoms with Crippen molar-refractivity contribution in [3.63, 3.8) is 0 Å². The molecular weight excluding hydrogens is 1060 g/mol. The second kappa shape index (κ2) is 20.2. The first kappa shape index (κ1) is 51.2. The molecule has 7 aromatic carbocycles. The minimum absolute atomic E-state index is 0.0421. The highest BCUT2D eigenvalue weighted by atomic mass is 32.2. The van der Waals surface area contributed by atoms with Gasteiger partial charge in [-0.2, -0.15) is 38.9 Å². The zero-order valence-corrected chi connectivity index (χ0v) is 40.9. The van der Waals surface area contributed by atoms with E-state index in [0.29, 0.717) is 16.9 Å². The van der Waals surface area contributed by atoms with Crippen LogP contribution < -0.4 is 10.6 Å². The number of nitriles is 1. The first-order valence-corrected chi connectivity index (χ1v) is 27.1. The fourth-order valence-electron chi connectivity index (χ4n) is 7.08. The Kier molecular flexibility index (Phi) is 14.3. The van der Waals surface area contributed by atoms with Crippen molar-refractivity contribution in [1.82, 2.24) is 4.98 Å². The summed E-state index contributed by atoms with van der Waals surface area (Å²) in [4.78, 5) is 2.07. The molecule has 1 heterocycles. The molecule has 0 aliphatic rings. The summed E-state index contributed by atoms with van der Waals surface area (Å²) in [5, 5.41) is 47.1. The number of hydrogen-bond donors (Lipinski definition) is 7. The number of fused-ring (bicyclic) bond motifs is 2. The number of hydrogen-bond acceptors (Lipinski definition) is 21. The van der Waals surface area contributed by atoms with E-state index in [9.17, 15) is 57.1 Å². The lowest BCUT2D eigenvalue weighted by Crippen LogP contribution is -2.04. The number of aromatic nitrogens is 1. The van der Waals surface area contributed by atoms with Crippen molar-refractivity contribution in [1.29, 1.82) is 5.26 Å². The SMILES string of the molecule is Cc1c(C#N)c(Nc2ccc(S(=O)(=O)O)cc2)cc(Nc2ccc(S(=O)(=O)O)cc2)c1N=Nc1nc(-c2ccc3ccccc3c2)c(/N=N/c2cc(S(=O)(=O)O)c3cc(SOOO)cc(S(=O)(=O)O)c3c2)s1. The minimum Gasteiger partial charge on any atom is -0.354 e. The summed E-state index contributed by atoms with van der Waals surface area (Å²) >= 11 is 1.09. The highest BCUT2D eigenvalue weighted by Crippen LogP contribution is 2.45. The van der Waals surface area contributed by atoms with Crippen molar-refractivity contribution >= 4 is 130 Å². The summed E-state index contributed by atoms with van der Waals surface area (Å²) in [6.07, 6.45) is 0. The Morgan fingerprint density at radius 3 is 1.81 bits per heavy atom. The summed E-state index contributed by atoms with van der Waals surface area (Å²) in [6.45, 7) is 1.56. The number of anilines is 4. The molecule has 0 unspecified atom stereocenters. The van der Waals surface area contributed by atoms with Crippen molar-refractivity contribution in [2.75, 3.05) is 10.6 Å². The molecule has 0 spiro atoms. The van der Waals surface area contributed by atoms with Crippen LogP contribution in [0, 0.1) is 18.3 Å². The van der Waals surface area contributed by atoms with Crippen molar-refractivity contribution in [3.8, 4) is 17.3 Å². The lowest BCUT2D eigenvalue weighted by molar-refractivity contribution is -0.432. The predicted molar refractivity (Wildman–Crippen MR) is 263 cm³/mol. The summed E-state index contributed by atoms with van der Waals surface area (Å²) in [5.74, 6) is 0. The fourth-order valence-corrected chi connectivity index (χ4v) is 10.7. The van der Waals surface area contributed by atoms with E-state index >= 15 is 0 Å². The van der Waals surface area contributed by atoms with Crippen LogP contribution in [-0.2, 0) is 49.8 Å². The van der Waals surface area contributed by atoms with Crippen molar-refractivity contribution in [2.24, 2.45) is 20.5 Å². The molecular formula is C43H30N8O15S6. The third-order valence-corrected chi connectivity index (χ3v) is 15.2. The van der Waals surface area contributed by atoms with Gasteiger partial charge in [0.05, 0.1) is 44.5 Å². The van der Waals surface area contributed by atoms with Gasteiger partial charge in [-0.05, 0) is 108 Å². The fraction of sp³-hybridized carbons (Fsp3) is 0.0233. The maximum absolute atomic E-state index is 12.7. The summed E-state index contributed by atoms with van der Waals surface area (Å²) < 4.78 is 141. The maximum Gasteiger partial charge on any atom is 0.295 e. The lowest BCUT2D eigenvalue weighted by Gasteiger charge is -2.17. The van der Waals surface area contributed by atoms with E-state index in [4.69, 9.17) is 10.2 Å². The average Bonchev–Trinajstić information content (AvgIpc) is 3.74. The van der Waals surface area contributed by atoms with Gasteiger partial charge in [-0.15, -0.1) is 24.8 Å². The average molecular weight is 1090 g/mol. The molecule has 0 bridgehead atoms. The Morgan fingerprint density at radius 2 is 1.22 bits per heavy atom. The van der Waals surface area contributed by atoms with E-state index in [-0.39, 0.29) is 71.5 Å². The number of nitrogens with one attached hydrogen (secondary N) is 2. The summed E-state index contributed by atoms with van der Waals surface area (Å²) in [7, 11) is -19.3. The van der Waals surface area contributed by atoms with Crippen LogP contribution in [0.1, 0.15) is 11.1 Å².